The summed E-state index contributed by atoms with van der Waals surface area (Å²) in [7, 11) is 0. The topological polar surface area (TPSA) is 30.5 Å². The van der Waals surface area contributed by atoms with E-state index < -0.39 is 0 Å². The predicted octanol–water partition coefficient (Wildman–Crippen LogP) is 3.23. The number of rotatable bonds is 10. The highest BCUT2D eigenvalue weighted by Gasteiger charge is 2.24. The van der Waals surface area contributed by atoms with Crippen molar-refractivity contribution in [1.82, 2.24) is 5.32 Å². The summed E-state index contributed by atoms with van der Waals surface area (Å²) in [4.78, 5) is 0. The molecule has 114 valence electrons. The fourth-order valence-corrected chi connectivity index (χ4v) is 2.39. The van der Waals surface area contributed by atoms with Gasteiger partial charge in [-0.1, -0.05) is 27.7 Å². The van der Waals surface area contributed by atoms with E-state index in [1.807, 2.05) is 0 Å². The lowest BCUT2D eigenvalue weighted by Gasteiger charge is -2.15. The molecule has 1 rings (SSSR count). The number of nitrogens with one attached hydrogen (secondary N) is 1. The summed E-state index contributed by atoms with van der Waals surface area (Å²) in [6.45, 7) is 12.7. The van der Waals surface area contributed by atoms with Gasteiger partial charge in [-0.05, 0) is 44.1 Å². The number of hydrogen-bond acceptors (Lipinski definition) is 3. The molecule has 0 spiro atoms. The van der Waals surface area contributed by atoms with Crippen molar-refractivity contribution in [2.75, 3.05) is 26.3 Å². The average molecular weight is 271 g/mol. The number of hydrogen-bond donors (Lipinski definition) is 1. The molecular weight excluding hydrogens is 238 g/mol. The van der Waals surface area contributed by atoms with E-state index in [0.717, 1.165) is 38.6 Å². The molecule has 0 aliphatic carbocycles. The van der Waals surface area contributed by atoms with Gasteiger partial charge in [0.25, 0.3) is 0 Å². The van der Waals surface area contributed by atoms with Crippen molar-refractivity contribution in [2.24, 2.45) is 11.8 Å². The summed E-state index contributed by atoms with van der Waals surface area (Å²) in [5, 5.41) is 3.47. The normalized spacial score (nSPS) is 23.7. The van der Waals surface area contributed by atoms with Gasteiger partial charge >= 0.3 is 0 Å². The van der Waals surface area contributed by atoms with E-state index in [1.165, 1.54) is 19.3 Å². The van der Waals surface area contributed by atoms with Crippen molar-refractivity contribution in [3.63, 3.8) is 0 Å². The molecule has 0 radical (unpaired) electrons. The summed E-state index contributed by atoms with van der Waals surface area (Å²) in [5.74, 6) is 1.49. The molecule has 0 aromatic rings. The third-order valence-corrected chi connectivity index (χ3v) is 3.49. The van der Waals surface area contributed by atoms with Gasteiger partial charge in [0.2, 0.25) is 0 Å². The summed E-state index contributed by atoms with van der Waals surface area (Å²) in [6.07, 6.45) is 5.47. The Labute approximate surface area is 119 Å². The van der Waals surface area contributed by atoms with Gasteiger partial charge in [-0.25, -0.2) is 0 Å². The summed E-state index contributed by atoms with van der Waals surface area (Å²) >= 11 is 0. The van der Waals surface area contributed by atoms with Crippen LogP contribution in [0.5, 0.6) is 0 Å². The zero-order valence-electron chi connectivity index (χ0n) is 13.3. The van der Waals surface area contributed by atoms with E-state index in [4.69, 9.17) is 9.47 Å². The van der Waals surface area contributed by atoms with E-state index in [-0.39, 0.29) is 0 Å². The van der Waals surface area contributed by atoms with Crippen LogP contribution in [-0.4, -0.2) is 38.5 Å². The minimum atomic E-state index is 0.324. The number of ether oxygens (including phenoxy) is 2. The van der Waals surface area contributed by atoms with Crippen LogP contribution < -0.4 is 5.32 Å². The minimum Gasteiger partial charge on any atom is -0.379 e. The van der Waals surface area contributed by atoms with Crippen molar-refractivity contribution < 1.29 is 9.47 Å². The highest BCUT2D eigenvalue weighted by Crippen LogP contribution is 2.19. The molecule has 1 fully saturated rings. The molecule has 0 aromatic heterocycles. The van der Waals surface area contributed by atoms with Gasteiger partial charge in [-0.15, -0.1) is 0 Å². The molecule has 0 saturated carbocycles. The lowest BCUT2D eigenvalue weighted by Crippen LogP contribution is -2.30. The molecule has 0 bridgehead atoms. The Morgan fingerprint density at radius 1 is 1.11 bits per heavy atom. The molecular formula is C16H33NO2. The van der Waals surface area contributed by atoms with Gasteiger partial charge in [-0.3, -0.25) is 0 Å². The molecule has 19 heavy (non-hydrogen) atoms. The van der Waals surface area contributed by atoms with Gasteiger partial charge < -0.3 is 14.8 Å². The predicted molar refractivity (Wildman–Crippen MR) is 80.5 cm³/mol. The Hall–Kier alpha value is -0.120. The van der Waals surface area contributed by atoms with E-state index in [0.29, 0.717) is 18.1 Å². The standard InChI is InChI=1S/C16H33NO2/c1-13(2)6-5-9-18-12-16-8-7-15(19-16)11-17-10-14(3)4/h13-17H,5-12H2,1-4H3. The molecule has 0 aromatic carbocycles. The summed E-state index contributed by atoms with van der Waals surface area (Å²) in [6, 6.07) is 0. The van der Waals surface area contributed by atoms with Gasteiger partial charge in [0.1, 0.15) is 0 Å². The van der Waals surface area contributed by atoms with Crippen LogP contribution in [0.3, 0.4) is 0 Å². The van der Waals surface area contributed by atoms with Crippen LogP contribution >= 0.6 is 0 Å². The molecule has 3 nitrogen and oxygen atoms in total. The fourth-order valence-electron chi connectivity index (χ4n) is 2.39. The molecule has 0 amide bonds. The Kier molecular flexibility index (Phi) is 8.67. The molecule has 1 aliphatic rings. The van der Waals surface area contributed by atoms with E-state index in [9.17, 15) is 0 Å². The molecule has 1 saturated heterocycles. The largest absolute Gasteiger partial charge is 0.379 e. The lowest BCUT2D eigenvalue weighted by atomic mass is 10.1. The van der Waals surface area contributed by atoms with Crippen molar-refractivity contribution in [2.45, 2.75) is 65.6 Å². The zero-order valence-corrected chi connectivity index (χ0v) is 13.3. The van der Waals surface area contributed by atoms with Crippen molar-refractivity contribution in [3.05, 3.63) is 0 Å². The third kappa shape index (κ3) is 8.61. The second-order valence-electron chi connectivity index (χ2n) is 6.62. The fraction of sp³-hybridized carbons (Fsp3) is 1.00. The van der Waals surface area contributed by atoms with Gasteiger partial charge in [0.05, 0.1) is 18.8 Å². The zero-order chi connectivity index (χ0) is 14.1. The SMILES string of the molecule is CC(C)CCCOCC1CCC(CNCC(C)C)O1. The van der Waals surface area contributed by atoms with E-state index in [1.54, 1.807) is 0 Å². The molecule has 1 N–H and O–H groups in total. The van der Waals surface area contributed by atoms with Gasteiger partial charge in [0.15, 0.2) is 0 Å². The molecule has 2 unspecified atom stereocenters. The molecule has 3 heteroatoms. The third-order valence-electron chi connectivity index (χ3n) is 3.49. The molecule has 2 atom stereocenters. The Morgan fingerprint density at radius 2 is 1.84 bits per heavy atom. The van der Waals surface area contributed by atoms with Crippen LogP contribution in [0.1, 0.15) is 53.4 Å². The van der Waals surface area contributed by atoms with Crippen LogP contribution in [-0.2, 0) is 9.47 Å². The van der Waals surface area contributed by atoms with Crippen molar-refractivity contribution >= 4 is 0 Å². The van der Waals surface area contributed by atoms with Crippen LogP contribution in [0.25, 0.3) is 0 Å². The first-order valence-corrected chi connectivity index (χ1v) is 8.01. The maximum absolute atomic E-state index is 5.98. The first-order valence-electron chi connectivity index (χ1n) is 8.01. The van der Waals surface area contributed by atoms with Gasteiger partial charge in [0, 0.05) is 13.2 Å². The van der Waals surface area contributed by atoms with Crippen molar-refractivity contribution in [3.8, 4) is 0 Å². The van der Waals surface area contributed by atoms with E-state index >= 15 is 0 Å². The molecule has 1 aliphatic heterocycles. The highest BCUT2D eigenvalue weighted by atomic mass is 16.5. The second kappa shape index (κ2) is 9.73. The molecule has 1 heterocycles. The van der Waals surface area contributed by atoms with Gasteiger partial charge in [-0.2, -0.15) is 0 Å². The summed E-state index contributed by atoms with van der Waals surface area (Å²) < 4.78 is 11.7. The monoisotopic (exact) mass is 271 g/mol. The van der Waals surface area contributed by atoms with E-state index in [2.05, 4.69) is 33.0 Å². The van der Waals surface area contributed by atoms with Crippen LogP contribution in [0.4, 0.5) is 0 Å². The first kappa shape index (κ1) is 16.9. The minimum absolute atomic E-state index is 0.324. The van der Waals surface area contributed by atoms with Crippen LogP contribution in [0, 0.1) is 11.8 Å². The quantitative estimate of drug-likeness (QED) is 0.619. The maximum Gasteiger partial charge on any atom is 0.0813 e. The first-order chi connectivity index (χ1) is 9.08. The Bertz CT molecular complexity index is 219. The van der Waals surface area contributed by atoms with Crippen LogP contribution in [0.2, 0.25) is 0 Å². The smallest absolute Gasteiger partial charge is 0.0813 e. The average Bonchev–Trinajstić information content (AvgIpc) is 2.76. The van der Waals surface area contributed by atoms with Crippen LogP contribution in [0.15, 0.2) is 0 Å². The Morgan fingerprint density at radius 3 is 2.53 bits per heavy atom. The maximum atomic E-state index is 5.98. The highest BCUT2D eigenvalue weighted by molar-refractivity contribution is 4.75. The van der Waals surface area contributed by atoms with Crippen molar-refractivity contribution in [1.29, 1.82) is 0 Å². The second-order valence-corrected chi connectivity index (χ2v) is 6.62. The Balaban J connectivity index is 1.96. The summed E-state index contributed by atoms with van der Waals surface area (Å²) in [5.41, 5.74) is 0. The lowest BCUT2D eigenvalue weighted by molar-refractivity contribution is -0.0153.